The SMILES string of the molecule is Cc1cc(OCc2ccccc2C(F)(F)F)cc(C)c1[N+](=O)[O-]. The molecular weight excluding hydrogens is 311 g/mol. The molecule has 0 aromatic heterocycles. The second kappa shape index (κ2) is 6.28. The van der Waals surface area contributed by atoms with Crippen molar-refractivity contribution in [2.45, 2.75) is 26.6 Å². The standard InChI is InChI=1S/C16H14F3NO3/c1-10-7-13(8-11(2)15(10)20(21)22)23-9-12-5-3-4-6-14(12)16(17,18)19/h3-8H,9H2,1-2H3. The number of alkyl halides is 3. The minimum atomic E-state index is -4.46. The molecule has 0 saturated heterocycles. The van der Waals surface area contributed by atoms with E-state index < -0.39 is 16.7 Å². The van der Waals surface area contributed by atoms with Crippen LogP contribution in [0.1, 0.15) is 22.3 Å². The molecule has 0 aliphatic carbocycles. The van der Waals surface area contributed by atoms with E-state index in [9.17, 15) is 23.3 Å². The van der Waals surface area contributed by atoms with Crippen LogP contribution < -0.4 is 4.74 Å². The average molecular weight is 325 g/mol. The molecule has 2 rings (SSSR count). The summed E-state index contributed by atoms with van der Waals surface area (Å²) >= 11 is 0. The van der Waals surface area contributed by atoms with Crippen LogP contribution in [0, 0.1) is 24.0 Å². The maximum Gasteiger partial charge on any atom is 0.416 e. The van der Waals surface area contributed by atoms with Crippen molar-refractivity contribution in [1.29, 1.82) is 0 Å². The number of rotatable bonds is 4. The van der Waals surface area contributed by atoms with Crippen LogP contribution in [0.15, 0.2) is 36.4 Å². The zero-order chi connectivity index (χ0) is 17.2. The van der Waals surface area contributed by atoms with Gasteiger partial charge in [-0.3, -0.25) is 10.1 Å². The minimum Gasteiger partial charge on any atom is -0.489 e. The lowest BCUT2D eigenvalue weighted by Crippen LogP contribution is -2.10. The van der Waals surface area contributed by atoms with Crippen molar-refractivity contribution in [3.63, 3.8) is 0 Å². The van der Waals surface area contributed by atoms with Crippen molar-refractivity contribution < 1.29 is 22.8 Å². The molecule has 0 atom stereocenters. The van der Waals surface area contributed by atoms with Crippen molar-refractivity contribution in [3.8, 4) is 5.75 Å². The predicted octanol–water partition coefficient (Wildman–Crippen LogP) is 4.81. The van der Waals surface area contributed by atoms with Crippen LogP contribution >= 0.6 is 0 Å². The summed E-state index contributed by atoms with van der Waals surface area (Å²) in [6, 6.07) is 8.04. The molecule has 122 valence electrons. The van der Waals surface area contributed by atoms with Gasteiger partial charge < -0.3 is 4.74 Å². The molecule has 0 unspecified atom stereocenters. The minimum absolute atomic E-state index is 0.00802. The van der Waals surface area contributed by atoms with E-state index in [1.807, 2.05) is 0 Å². The van der Waals surface area contributed by atoms with Crippen molar-refractivity contribution >= 4 is 5.69 Å². The topological polar surface area (TPSA) is 52.4 Å². The van der Waals surface area contributed by atoms with E-state index in [1.54, 1.807) is 13.8 Å². The molecule has 0 N–H and O–H groups in total. The lowest BCUT2D eigenvalue weighted by Gasteiger charge is -2.14. The Balaban J connectivity index is 2.25. The van der Waals surface area contributed by atoms with Crippen LogP contribution in [0.4, 0.5) is 18.9 Å². The van der Waals surface area contributed by atoms with E-state index >= 15 is 0 Å². The zero-order valence-corrected chi connectivity index (χ0v) is 12.5. The van der Waals surface area contributed by atoms with E-state index in [1.165, 1.54) is 30.3 Å². The molecule has 0 radical (unpaired) electrons. The highest BCUT2D eigenvalue weighted by Crippen LogP contribution is 2.33. The largest absolute Gasteiger partial charge is 0.489 e. The third-order valence-electron chi connectivity index (χ3n) is 3.36. The molecule has 0 aliphatic rings. The molecule has 4 nitrogen and oxygen atoms in total. The Bertz CT molecular complexity index is 719. The average Bonchev–Trinajstić information content (AvgIpc) is 2.43. The van der Waals surface area contributed by atoms with Gasteiger partial charge in [-0.1, -0.05) is 18.2 Å². The van der Waals surface area contributed by atoms with E-state index in [0.29, 0.717) is 16.9 Å². The van der Waals surface area contributed by atoms with Gasteiger partial charge in [-0.05, 0) is 32.0 Å². The van der Waals surface area contributed by atoms with Crippen molar-refractivity contribution in [3.05, 3.63) is 68.8 Å². The number of ether oxygens (including phenoxy) is 1. The number of benzene rings is 2. The summed E-state index contributed by atoms with van der Waals surface area (Å²) in [7, 11) is 0. The van der Waals surface area contributed by atoms with Crippen molar-refractivity contribution in [2.75, 3.05) is 0 Å². The highest BCUT2D eigenvalue weighted by atomic mass is 19.4. The lowest BCUT2D eigenvalue weighted by molar-refractivity contribution is -0.386. The number of nitro groups is 1. The van der Waals surface area contributed by atoms with Gasteiger partial charge in [-0.2, -0.15) is 13.2 Å². The summed E-state index contributed by atoms with van der Waals surface area (Å²) in [4.78, 5) is 10.4. The second-order valence-corrected chi connectivity index (χ2v) is 5.11. The van der Waals surface area contributed by atoms with Crippen LogP contribution in [0.2, 0.25) is 0 Å². The van der Waals surface area contributed by atoms with Gasteiger partial charge >= 0.3 is 6.18 Å². The van der Waals surface area contributed by atoms with E-state index in [2.05, 4.69) is 0 Å². The molecule has 0 saturated carbocycles. The number of hydrogen-bond donors (Lipinski definition) is 0. The molecule has 2 aromatic carbocycles. The first-order valence-corrected chi connectivity index (χ1v) is 6.73. The number of nitrogens with zero attached hydrogens (tertiary/aromatic N) is 1. The molecule has 0 fully saturated rings. The van der Waals surface area contributed by atoms with Gasteiger partial charge in [-0.25, -0.2) is 0 Å². The normalized spacial score (nSPS) is 11.3. The Morgan fingerprint density at radius 2 is 1.70 bits per heavy atom. The highest BCUT2D eigenvalue weighted by molar-refractivity contribution is 5.51. The van der Waals surface area contributed by atoms with Gasteiger partial charge in [0.15, 0.2) is 0 Å². The van der Waals surface area contributed by atoms with E-state index in [-0.39, 0.29) is 17.9 Å². The number of nitro benzene ring substituents is 1. The van der Waals surface area contributed by atoms with E-state index in [4.69, 9.17) is 4.74 Å². The van der Waals surface area contributed by atoms with Gasteiger partial charge in [0.25, 0.3) is 5.69 Å². The van der Waals surface area contributed by atoms with Crippen LogP contribution in [-0.4, -0.2) is 4.92 Å². The highest BCUT2D eigenvalue weighted by Gasteiger charge is 2.33. The Kier molecular flexibility index (Phi) is 4.58. The smallest absolute Gasteiger partial charge is 0.416 e. The molecular formula is C16H14F3NO3. The molecule has 0 amide bonds. The number of aryl methyl sites for hydroxylation is 2. The number of halogens is 3. The Morgan fingerprint density at radius 1 is 1.13 bits per heavy atom. The Hall–Kier alpha value is -2.57. The summed E-state index contributed by atoms with van der Waals surface area (Å²) < 4.78 is 44.1. The van der Waals surface area contributed by atoms with Gasteiger partial charge in [-0.15, -0.1) is 0 Å². The fourth-order valence-electron chi connectivity index (χ4n) is 2.37. The van der Waals surface area contributed by atoms with Crippen molar-refractivity contribution in [1.82, 2.24) is 0 Å². The monoisotopic (exact) mass is 325 g/mol. The quantitative estimate of drug-likeness (QED) is 0.599. The summed E-state index contributed by atoms with van der Waals surface area (Å²) in [6.45, 7) is 2.84. The van der Waals surface area contributed by atoms with Crippen LogP contribution in [0.25, 0.3) is 0 Å². The fraction of sp³-hybridized carbons (Fsp3) is 0.250. The fourth-order valence-corrected chi connectivity index (χ4v) is 2.37. The molecule has 0 spiro atoms. The predicted molar refractivity (Wildman–Crippen MR) is 78.3 cm³/mol. The Labute approximate surface area is 130 Å². The van der Waals surface area contributed by atoms with Crippen LogP contribution in [-0.2, 0) is 12.8 Å². The number of hydrogen-bond acceptors (Lipinski definition) is 3. The zero-order valence-electron chi connectivity index (χ0n) is 12.5. The van der Waals surface area contributed by atoms with Crippen LogP contribution in [0.5, 0.6) is 5.75 Å². The maximum absolute atomic E-state index is 12.9. The van der Waals surface area contributed by atoms with E-state index in [0.717, 1.165) is 6.07 Å². The second-order valence-electron chi connectivity index (χ2n) is 5.11. The molecule has 23 heavy (non-hydrogen) atoms. The molecule has 0 aliphatic heterocycles. The molecule has 0 heterocycles. The first kappa shape index (κ1) is 16.8. The summed E-state index contributed by atoms with van der Waals surface area (Å²) in [5, 5.41) is 10.9. The van der Waals surface area contributed by atoms with Crippen LogP contribution in [0.3, 0.4) is 0 Å². The summed E-state index contributed by atoms with van der Waals surface area (Å²) in [5.74, 6) is 0.294. The van der Waals surface area contributed by atoms with Gasteiger partial charge in [0.2, 0.25) is 0 Å². The first-order valence-electron chi connectivity index (χ1n) is 6.73. The third-order valence-corrected chi connectivity index (χ3v) is 3.36. The first-order chi connectivity index (χ1) is 10.7. The maximum atomic E-state index is 12.9. The lowest BCUT2D eigenvalue weighted by atomic mass is 10.1. The van der Waals surface area contributed by atoms with Crippen molar-refractivity contribution in [2.24, 2.45) is 0 Å². The Morgan fingerprint density at radius 3 is 2.22 bits per heavy atom. The van der Waals surface area contributed by atoms with Gasteiger partial charge in [0.1, 0.15) is 12.4 Å². The molecule has 2 aromatic rings. The third kappa shape index (κ3) is 3.80. The summed E-state index contributed by atoms with van der Waals surface area (Å²) in [5.41, 5.74) is 0.0280. The molecule has 0 bridgehead atoms. The van der Waals surface area contributed by atoms with Gasteiger partial charge in [0, 0.05) is 16.7 Å². The molecule has 7 heteroatoms. The van der Waals surface area contributed by atoms with Gasteiger partial charge in [0.05, 0.1) is 10.5 Å². The summed E-state index contributed by atoms with van der Waals surface area (Å²) in [6.07, 6.45) is -4.46.